The van der Waals surface area contributed by atoms with Crippen LogP contribution in [0.3, 0.4) is 0 Å². The second kappa shape index (κ2) is 5.16. The maximum Gasteiger partial charge on any atom is 0.122 e. The van der Waals surface area contributed by atoms with Gasteiger partial charge in [-0.1, -0.05) is 0 Å². The second-order valence-corrected chi connectivity index (χ2v) is 4.83. The molecule has 1 atom stereocenters. The predicted octanol–water partition coefficient (Wildman–Crippen LogP) is 0.0772. The average molecular weight is 236 g/mol. The summed E-state index contributed by atoms with van der Waals surface area (Å²) in [4.78, 5) is 6.87. The molecule has 0 radical (unpaired) electrons. The van der Waals surface area contributed by atoms with E-state index in [1.807, 2.05) is 6.20 Å². The van der Waals surface area contributed by atoms with Crippen molar-refractivity contribution in [3.05, 3.63) is 18.2 Å². The quantitative estimate of drug-likeness (QED) is 0.807. The summed E-state index contributed by atoms with van der Waals surface area (Å²) < 4.78 is 7.72. The molecular weight excluding hydrogens is 216 g/mol. The first-order chi connectivity index (χ1) is 8.42. The van der Waals surface area contributed by atoms with E-state index in [9.17, 15) is 0 Å². The Morgan fingerprint density at radius 1 is 1.47 bits per heavy atom. The van der Waals surface area contributed by atoms with Crippen LogP contribution in [0.1, 0.15) is 12.2 Å². The van der Waals surface area contributed by atoms with Crippen LogP contribution in [0.2, 0.25) is 0 Å². The normalized spacial score (nSPS) is 25.8. The Hall–Kier alpha value is -0.910. The molecule has 0 amide bonds. The summed E-state index contributed by atoms with van der Waals surface area (Å²) in [5, 5.41) is 3.50. The Morgan fingerprint density at radius 2 is 2.47 bits per heavy atom. The molecule has 1 unspecified atom stereocenters. The van der Waals surface area contributed by atoms with Crippen molar-refractivity contribution in [2.24, 2.45) is 0 Å². The van der Waals surface area contributed by atoms with Crippen molar-refractivity contribution in [2.75, 3.05) is 32.8 Å². The van der Waals surface area contributed by atoms with Crippen molar-refractivity contribution >= 4 is 0 Å². The molecular formula is C12H20N4O. The van der Waals surface area contributed by atoms with E-state index in [0.717, 1.165) is 45.9 Å². The predicted molar refractivity (Wildman–Crippen MR) is 64.7 cm³/mol. The van der Waals surface area contributed by atoms with Gasteiger partial charge in [-0.3, -0.25) is 4.90 Å². The van der Waals surface area contributed by atoms with Gasteiger partial charge in [0.1, 0.15) is 5.82 Å². The van der Waals surface area contributed by atoms with E-state index in [-0.39, 0.29) is 0 Å². The van der Waals surface area contributed by atoms with Crippen molar-refractivity contribution in [3.8, 4) is 0 Å². The van der Waals surface area contributed by atoms with Crippen LogP contribution < -0.4 is 5.32 Å². The first-order valence-electron chi connectivity index (χ1n) is 6.45. The van der Waals surface area contributed by atoms with E-state index in [4.69, 9.17) is 4.74 Å². The van der Waals surface area contributed by atoms with Crippen molar-refractivity contribution < 1.29 is 4.74 Å². The fraction of sp³-hybridized carbons (Fsp3) is 0.750. The minimum Gasteiger partial charge on any atom is -0.379 e. The lowest BCUT2D eigenvalue weighted by atomic mass is 10.2. The van der Waals surface area contributed by atoms with E-state index < -0.39 is 0 Å². The molecule has 2 aliphatic rings. The molecule has 1 aromatic heterocycles. The van der Waals surface area contributed by atoms with Gasteiger partial charge in [0.25, 0.3) is 0 Å². The molecule has 1 aromatic rings. The Kier molecular flexibility index (Phi) is 3.40. The SMILES string of the molecule is c1cn2c(n1)CN(CCC1COCCN1)CC2. The molecule has 0 aliphatic carbocycles. The van der Waals surface area contributed by atoms with Crippen molar-refractivity contribution in [3.63, 3.8) is 0 Å². The minimum absolute atomic E-state index is 0.533. The summed E-state index contributed by atoms with van der Waals surface area (Å²) in [5.74, 6) is 1.20. The van der Waals surface area contributed by atoms with Crippen LogP contribution in [0.5, 0.6) is 0 Å². The molecule has 3 heterocycles. The monoisotopic (exact) mass is 236 g/mol. The van der Waals surface area contributed by atoms with E-state index in [1.165, 1.54) is 12.2 Å². The topological polar surface area (TPSA) is 42.3 Å². The third-order valence-corrected chi connectivity index (χ3v) is 3.62. The minimum atomic E-state index is 0.533. The first kappa shape index (κ1) is 11.2. The van der Waals surface area contributed by atoms with E-state index in [1.54, 1.807) is 0 Å². The Balaban J connectivity index is 1.47. The number of nitrogens with zero attached hydrogens (tertiary/aromatic N) is 3. The number of hydrogen-bond acceptors (Lipinski definition) is 4. The van der Waals surface area contributed by atoms with Crippen LogP contribution in [0, 0.1) is 0 Å². The molecule has 94 valence electrons. The van der Waals surface area contributed by atoms with Gasteiger partial charge in [-0.15, -0.1) is 0 Å². The van der Waals surface area contributed by atoms with Gasteiger partial charge in [0.05, 0.1) is 19.8 Å². The lowest BCUT2D eigenvalue weighted by molar-refractivity contribution is 0.0683. The summed E-state index contributed by atoms with van der Waals surface area (Å²) in [5.41, 5.74) is 0. The highest BCUT2D eigenvalue weighted by Crippen LogP contribution is 2.11. The molecule has 17 heavy (non-hydrogen) atoms. The molecule has 5 nitrogen and oxygen atoms in total. The molecule has 1 fully saturated rings. The Bertz CT molecular complexity index is 359. The summed E-state index contributed by atoms with van der Waals surface area (Å²) in [6.07, 6.45) is 5.14. The third-order valence-electron chi connectivity index (χ3n) is 3.62. The van der Waals surface area contributed by atoms with Crippen LogP contribution in [0.4, 0.5) is 0 Å². The molecule has 5 heteroatoms. The standard InChI is InChI=1S/C12H20N4O/c1(11-10-17-8-3-13-11)4-15-6-7-16-5-2-14-12(16)9-15/h2,5,11,13H,1,3-4,6-10H2. The summed E-state index contributed by atoms with van der Waals surface area (Å²) in [6.45, 7) is 7.05. The number of morpholine rings is 1. The van der Waals surface area contributed by atoms with Crippen molar-refractivity contribution in [1.29, 1.82) is 0 Å². The molecule has 0 saturated carbocycles. The van der Waals surface area contributed by atoms with Gasteiger partial charge in [-0.25, -0.2) is 4.98 Å². The maximum absolute atomic E-state index is 5.47. The molecule has 3 rings (SSSR count). The van der Waals surface area contributed by atoms with E-state index in [2.05, 4.69) is 26.0 Å². The van der Waals surface area contributed by atoms with E-state index in [0.29, 0.717) is 6.04 Å². The van der Waals surface area contributed by atoms with Gasteiger partial charge < -0.3 is 14.6 Å². The third kappa shape index (κ3) is 2.68. The zero-order valence-electron chi connectivity index (χ0n) is 10.1. The number of rotatable bonds is 3. The molecule has 1 saturated heterocycles. The number of fused-ring (bicyclic) bond motifs is 1. The number of ether oxygens (including phenoxy) is 1. The second-order valence-electron chi connectivity index (χ2n) is 4.83. The van der Waals surface area contributed by atoms with Crippen LogP contribution >= 0.6 is 0 Å². The lowest BCUT2D eigenvalue weighted by Gasteiger charge is -2.30. The molecule has 2 aliphatic heterocycles. The largest absolute Gasteiger partial charge is 0.379 e. The molecule has 0 spiro atoms. The van der Waals surface area contributed by atoms with Gasteiger partial charge in [0.15, 0.2) is 0 Å². The number of nitrogens with one attached hydrogen (secondary N) is 1. The van der Waals surface area contributed by atoms with Crippen molar-refractivity contribution in [2.45, 2.75) is 25.6 Å². The average Bonchev–Trinajstić information content (AvgIpc) is 2.85. The van der Waals surface area contributed by atoms with E-state index >= 15 is 0 Å². The number of imidazole rings is 1. The highest BCUT2D eigenvalue weighted by molar-refractivity contribution is 4.95. The zero-order valence-corrected chi connectivity index (χ0v) is 10.1. The van der Waals surface area contributed by atoms with Gasteiger partial charge in [-0.2, -0.15) is 0 Å². The first-order valence-corrected chi connectivity index (χ1v) is 6.45. The Labute approximate surface area is 102 Å². The van der Waals surface area contributed by atoms with Gasteiger partial charge in [-0.05, 0) is 6.42 Å². The maximum atomic E-state index is 5.47. The molecule has 0 aromatic carbocycles. The van der Waals surface area contributed by atoms with Gasteiger partial charge in [0, 0.05) is 44.6 Å². The smallest absolute Gasteiger partial charge is 0.122 e. The number of aromatic nitrogens is 2. The van der Waals surface area contributed by atoms with Crippen LogP contribution in [-0.2, 0) is 17.8 Å². The summed E-state index contributed by atoms with van der Waals surface area (Å²) in [7, 11) is 0. The Morgan fingerprint density at radius 3 is 3.35 bits per heavy atom. The fourth-order valence-corrected chi connectivity index (χ4v) is 2.56. The van der Waals surface area contributed by atoms with Gasteiger partial charge >= 0.3 is 0 Å². The number of hydrogen-bond donors (Lipinski definition) is 1. The van der Waals surface area contributed by atoms with Crippen LogP contribution in [0.25, 0.3) is 0 Å². The fourth-order valence-electron chi connectivity index (χ4n) is 2.56. The summed E-state index contributed by atoms with van der Waals surface area (Å²) in [6, 6.07) is 0.533. The molecule has 1 N–H and O–H groups in total. The van der Waals surface area contributed by atoms with Crippen LogP contribution in [0.15, 0.2) is 12.4 Å². The van der Waals surface area contributed by atoms with Crippen molar-refractivity contribution in [1.82, 2.24) is 19.8 Å². The highest BCUT2D eigenvalue weighted by Gasteiger charge is 2.18. The molecule has 0 bridgehead atoms. The highest BCUT2D eigenvalue weighted by atomic mass is 16.5. The zero-order chi connectivity index (χ0) is 11.5. The van der Waals surface area contributed by atoms with Gasteiger partial charge in [0.2, 0.25) is 0 Å². The summed E-state index contributed by atoms with van der Waals surface area (Å²) >= 11 is 0. The lowest BCUT2D eigenvalue weighted by Crippen LogP contribution is -2.44. The van der Waals surface area contributed by atoms with Crippen LogP contribution in [-0.4, -0.2) is 53.3 Å².